The van der Waals surface area contributed by atoms with Gasteiger partial charge in [-0.2, -0.15) is 0 Å². The van der Waals surface area contributed by atoms with Crippen LogP contribution in [0.15, 0.2) is 164 Å². The van der Waals surface area contributed by atoms with Crippen molar-refractivity contribution in [1.82, 2.24) is 24.9 Å². The zero-order valence-corrected chi connectivity index (χ0v) is 26.8. The second-order valence-electron chi connectivity index (χ2n) is 12.6. The largest absolute Gasteiger partial charge is 0.256 e. The van der Waals surface area contributed by atoms with Gasteiger partial charge in [-0.05, 0) is 76.9 Å². The molecular formula is C45H27N5. The molecule has 0 aliphatic heterocycles. The van der Waals surface area contributed by atoms with Gasteiger partial charge in [0.15, 0.2) is 0 Å². The van der Waals surface area contributed by atoms with E-state index in [0.717, 1.165) is 99.3 Å². The summed E-state index contributed by atoms with van der Waals surface area (Å²) in [5, 5.41) is 5.49. The van der Waals surface area contributed by atoms with Crippen molar-refractivity contribution in [2.24, 2.45) is 0 Å². The SMILES string of the molecule is c1ccc2ncc(-c3ccc4ccc(-c5ccc6nc(-c7ccc(-c8ccnc9c8ccc8cccnc89)cc7)ccc6c5)cc4n3)cc2c1. The van der Waals surface area contributed by atoms with E-state index in [2.05, 4.69) is 136 Å². The highest BCUT2D eigenvalue weighted by atomic mass is 14.7. The number of hydrogen-bond acceptors (Lipinski definition) is 5. The third kappa shape index (κ3) is 4.83. The van der Waals surface area contributed by atoms with E-state index >= 15 is 0 Å². The van der Waals surface area contributed by atoms with E-state index in [0.29, 0.717) is 0 Å². The van der Waals surface area contributed by atoms with Gasteiger partial charge in [-0.15, -0.1) is 0 Å². The summed E-state index contributed by atoms with van der Waals surface area (Å²) in [6.45, 7) is 0. The van der Waals surface area contributed by atoms with Crippen LogP contribution >= 0.6 is 0 Å². The lowest BCUT2D eigenvalue weighted by molar-refractivity contribution is 1.35. The van der Waals surface area contributed by atoms with Gasteiger partial charge in [0, 0.05) is 56.6 Å². The number of para-hydroxylation sites is 1. The first-order valence-electron chi connectivity index (χ1n) is 16.6. The summed E-state index contributed by atoms with van der Waals surface area (Å²) in [6, 6.07) is 50.7. The fourth-order valence-corrected chi connectivity index (χ4v) is 6.96. The lowest BCUT2D eigenvalue weighted by atomic mass is 9.98. The maximum Gasteiger partial charge on any atom is 0.0970 e. The van der Waals surface area contributed by atoms with Gasteiger partial charge in [-0.3, -0.25) is 15.0 Å². The molecule has 0 saturated carbocycles. The van der Waals surface area contributed by atoms with E-state index in [-0.39, 0.29) is 0 Å². The van der Waals surface area contributed by atoms with Crippen LogP contribution in [0.5, 0.6) is 0 Å². The topological polar surface area (TPSA) is 64.5 Å². The molecule has 10 aromatic rings. The van der Waals surface area contributed by atoms with Crippen molar-refractivity contribution >= 4 is 54.5 Å². The number of rotatable bonds is 4. The lowest BCUT2D eigenvalue weighted by Crippen LogP contribution is -1.90. The van der Waals surface area contributed by atoms with Crippen LogP contribution in [0, 0.1) is 0 Å². The maximum absolute atomic E-state index is 5.05. The van der Waals surface area contributed by atoms with Gasteiger partial charge < -0.3 is 0 Å². The van der Waals surface area contributed by atoms with E-state index in [9.17, 15) is 0 Å². The molecule has 0 bridgehead atoms. The molecule has 5 aromatic heterocycles. The average Bonchev–Trinajstić information content (AvgIpc) is 3.19. The van der Waals surface area contributed by atoms with Crippen LogP contribution in [0.3, 0.4) is 0 Å². The standard InChI is InChI=1S/C45H27N5/c1-2-6-39-34(4-1)25-36(27-48-39)42-18-14-30-11-12-33(26-43(30)50-42)32-15-19-41-35(24-32)16-20-40(49-41)29-9-7-28(8-10-29)37-21-23-47-45-38(37)17-13-31-5-3-22-46-44(31)45/h1-27H. The zero-order valence-electron chi connectivity index (χ0n) is 26.8. The molecule has 0 aliphatic carbocycles. The van der Waals surface area contributed by atoms with Crippen molar-refractivity contribution in [3.05, 3.63) is 164 Å². The van der Waals surface area contributed by atoms with Crippen LogP contribution in [0.1, 0.15) is 0 Å². The first kappa shape index (κ1) is 28.2. The zero-order chi connectivity index (χ0) is 33.0. The molecule has 10 rings (SSSR count). The highest BCUT2D eigenvalue weighted by Crippen LogP contribution is 2.33. The monoisotopic (exact) mass is 637 g/mol. The molecule has 0 fully saturated rings. The van der Waals surface area contributed by atoms with Gasteiger partial charge in [-0.25, -0.2) is 9.97 Å². The van der Waals surface area contributed by atoms with Gasteiger partial charge >= 0.3 is 0 Å². The number of pyridine rings is 5. The smallest absolute Gasteiger partial charge is 0.0970 e. The lowest BCUT2D eigenvalue weighted by Gasteiger charge is -2.10. The van der Waals surface area contributed by atoms with Gasteiger partial charge in [0.05, 0.1) is 39.0 Å². The minimum atomic E-state index is 0.913. The highest BCUT2D eigenvalue weighted by Gasteiger charge is 2.11. The number of hydrogen-bond donors (Lipinski definition) is 0. The number of fused-ring (bicyclic) bond motifs is 6. The summed E-state index contributed by atoms with van der Waals surface area (Å²) in [7, 11) is 0. The molecular weight excluding hydrogens is 611 g/mol. The summed E-state index contributed by atoms with van der Waals surface area (Å²) < 4.78 is 0. The first-order valence-corrected chi connectivity index (χ1v) is 16.6. The minimum absolute atomic E-state index is 0.913. The fourth-order valence-electron chi connectivity index (χ4n) is 6.96. The van der Waals surface area contributed by atoms with Crippen molar-refractivity contribution in [3.63, 3.8) is 0 Å². The normalized spacial score (nSPS) is 11.6. The number of benzene rings is 5. The predicted molar refractivity (Wildman–Crippen MR) is 205 cm³/mol. The summed E-state index contributed by atoms with van der Waals surface area (Å²) >= 11 is 0. The van der Waals surface area contributed by atoms with Crippen LogP contribution < -0.4 is 0 Å². The Hall–Kier alpha value is -6.85. The Kier molecular flexibility index (Phi) is 6.42. The Morgan fingerprint density at radius 3 is 1.94 bits per heavy atom. The number of nitrogens with zero attached hydrogens (tertiary/aromatic N) is 5. The van der Waals surface area contributed by atoms with E-state index in [1.54, 1.807) is 0 Å². The molecule has 0 spiro atoms. The number of aromatic nitrogens is 5. The molecule has 0 amide bonds. The van der Waals surface area contributed by atoms with Crippen molar-refractivity contribution in [2.75, 3.05) is 0 Å². The molecule has 5 aromatic carbocycles. The van der Waals surface area contributed by atoms with Gasteiger partial charge in [0.2, 0.25) is 0 Å². The van der Waals surface area contributed by atoms with E-state index in [1.807, 2.05) is 42.9 Å². The second kappa shape index (κ2) is 11.4. The fraction of sp³-hybridized carbons (Fsp3) is 0. The molecule has 5 heteroatoms. The average molecular weight is 638 g/mol. The third-order valence-corrected chi connectivity index (χ3v) is 9.58. The Labute approximate surface area is 287 Å². The van der Waals surface area contributed by atoms with E-state index in [4.69, 9.17) is 9.97 Å². The Morgan fingerprint density at radius 1 is 0.340 bits per heavy atom. The summed E-state index contributed by atoms with van der Waals surface area (Å²) in [5.74, 6) is 0. The second-order valence-corrected chi connectivity index (χ2v) is 12.6. The quantitative estimate of drug-likeness (QED) is 0.180. The van der Waals surface area contributed by atoms with Gasteiger partial charge in [-0.1, -0.05) is 91.0 Å². The minimum Gasteiger partial charge on any atom is -0.256 e. The molecule has 0 unspecified atom stereocenters. The van der Waals surface area contributed by atoms with Crippen molar-refractivity contribution < 1.29 is 0 Å². The Morgan fingerprint density at radius 2 is 1.00 bits per heavy atom. The Balaban J connectivity index is 0.946. The molecule has 50 heavy (non-hydrogen) atoms. The molecule has 5 nitrogen and oxygen atoms in total. The summed E-state index contributed by atoms with van der Waals surface area (Å²) in [4.78, 5) is 24.0. The molecule has 0 atom stereocenters. The summed E-state index contributed by atoms with van der Waals surface area (Å²) in [6.07, 6.45) is 5.60. The van der Waals surface area contributed by atoms with Crippen LogP contribution in [0.25, 0.3) is 99.3 Å². The van der Waals surface area contributed by atoms with Crippen molar-refractivity contribution in [2.45, 2.75) is 0 Å². The predicted octanol–water partition coefficient (Wildman–Crippen LogP) is 11.1. The molecule has 0 aliphatic rings. The molecule has 0 N–H and O–H groups in total. The molecule has 5 heterocycles. The highest BCUT2D eigenvalue weighted by molar-refractivity contribution is 6.08. The van der Waals surface area contributed by atoms with Crippen molar-refractivity contribution in [3.8, 4) is 44.8 Å². The third-order valence-electron chi connectivity index (χ3n) is 9.58. The van der Waals surface area contributed by atoms with E-state index in [1.165, 1.54) is 0 Å². The Bertz CT molecular complexity index is 2930. The van der Waals surface area contributed by atoms with Crippen LogP contribution in [-0.4, -0.2) is 24.9 Å². The van der Waals surface area contributed by atoms with Gasteiger partial charge in [0.1, 0.15) is 0 Å². The molecule has 0 saturated heterocycles. The maximum atomic E-state index is 5.05. The molecule has 0 radical (unpaired) electrons. The first-order chi connectivity index (χ1) is 24.7. The van der Waals surface area contributed by atoms with Crippen LogP contribution in [0.4, 0.5) is 0 Å². The van der Waals surface area contributed by atoms with E-state index < -0.39 is 0 Å². The van der Waals surface area contributed by atoms with Crippen LogP contribution in [-0.2, 0) is 0 Å². The molecule has 232 valence electrons. The summed E-state index contributed by atoms with van der Waals surface area (Å²) in [5.41, 5.74) is 13.2. The van der Waals surface area contributed by atoms with Crippen LogP contribution in [0.2, 0.25) is 0 Å². The van der Waals surface area contributed by atoms with Crippen molar-refractivity contribution in [1.29, 1.82) is 0 Å². The van der Waals surface area contributed by atoms with Gasteiger partial charge in [0.25, 0.3) is 0 Å².